The highest BCUT2D eigenvalue weighted by molar-refractivity contribution is 5.86. The molecule has 0 saturated carbocycles. The zero-order chi connectivity index (χ0) is 12.7. The third-order valence-electron chi connectivity index (χ3n) is 3.07. The number of ether oxygens (including phenoxy) is 1. The Morgan fingerprint density at radius 3 is 2.71 bits per heavy atom. The summed E-state index contributed by atoms with van der Waals surface area (Å²) >= 11 is 0. The summed E-state index contributed by atoms with van der Waals surface area (Å²) in [6, 6.07) is 0. The minimum atomic E-state index is -0.240. The van der Waals surface area contributed by atoms with Crippen LogP contribution in [0.4, 0.5) is 0 Å². The summed E-state index contributed by atoms with van der Waals surface area (Å²) in [4.78, 5) is 25.1. The fraction of sp³-hybridized carbons (Fsp3) is 0.846. The van der Waals surface area contributed by atoms with Gasteiger partial charge < -0.3 is 9.64 Å². The van der Waals surface area contributed by atoms with Gasteiger partial charge in [-0.25, -0.2) is 0 Å². The van der Waals surface area contributed by atoms with E-state index >= 15 is 0 Å². The number of unbranched alkanes of at least 4 members (excludes halogenated alkanes) is 2. The van der Waals surface area contributed by atoms with Gasteiger partial charge in [0.25, 0.3) is 0 Å². The van der Waals surface area contributed by atoms with Crippen LogP contribution in [0, 0.1) is 5.92 Å². The summed E-state index contributed by atoms with van der Waals surface area (Å²) in [6.07, 6.45) is 4.30. The van der Waals surface area contributed by atoms with Gasteiger partial charge in [-0.05, 0) is 12.8 Å². The molecular formula is C13H23NO3. The maximum absolute atomic E-state index is 11.7. The van der Waals surface area contributed by atoms with Crippen molar-refractivity contribution in [3.05, 3.63) is 0 Å². The minimum absolute atomic E-state index is 0.0934. The molecule has 0 bridgehead atoms. The first-order valence-corrected chi connectivity index (χ1v) is 6.63. The first-order chi connectivity index (χ1) is 8.19. The molecule has 1 saturated heterocycles. The lowest BCUT2D eigenvalue weighted by atomic mass is 10.1. The molecule has 0 N–H and O–H groups in total. The van der Waals surface area contributed by atoms with Crippen molar-refractivity contribution in [1.29, 1.82) is 0 Å². The van der Waals surface area contributed by atoms with Crippen LogP contribution in [0.1, 0.15) is 46.0 Å². The average molecular weight is 241 g/mol. The lowest BCUT2D eigenvalue weighted by Crippen LogP contribution is -2.27. The van der Waals surface area contributed by atoms with Gasteiger partial charge in [0.15, 0.2) is 0 Å². The third-order valence-corrected chi connectivity index (χ3v) is 3.07. The second-order valence-electron chi connectivity index (χ2n) is 4.62. The lowest BCUT2D eigenvalue weighted by molar-refractivity contribution is -0.148. The Hall–Kier alpha value is -1.06. The number of hydrogen-bond acceptors (Lipinski definition) is 3. The largest absolute Gasteiger partial charge is 0.465 e. The molecule has 4 nitrogen and oxygen atoms in total. The fourth-order valence-electron chi connectivity index (χ4n) is 1.93. The molecule has 0 aromatic heterocycles. The van der Waals surface area contributed by atoms with E-state index in [1.54, 1.807) is 4.90 Å². The first-order valence-electron chi connectivity index (χ1n) is 6.63. The number of hydrogen-bond donors (Lipinski definition) is 0. The molecular weight excluding hydrogens is 218 g/mol. The smallest absolute Gasteiger partial charge is 0.311 e. The number of carbonyl (C=O) groups excluding carboxylic acids is 2. The van der Waals surface area contributed by atoms with Crippen molar-refractivity contribution in [3.8, 4) is 0 Å². The predicted octanol–water partition coefficient (Wildman–Crippen LogP) is 1.98. The lowest BCUT2D eigenvalue weighted by Gasteiger charge is -2.15. The van der Waals surface area contributed by atoms with Crippen molar-refractivity contribution in [2.45, 2.75) is 46.0 Å². The molecule has 98 valence electrons. The van der Waals surface area contributed by atoms with Crippen LogP contribution in [-0.2, 0) is 14.3 Å². The van der Waals surface area contributed by atoms with E-state index in [1.165, 1.54) is 0 Å². The van der Waals surface area contributed by atoms with Gasteiger partial charge in [0.2, 0.25) is 5.91 Å². The molecule has 17 heavy (non-hydrogen) atoms. The normalized spacial score (nSPS) is 19.8. The zero-order valence-electron chi connectivity index (χ0n) is 10.9. The van der Waals surface area contributed by atoms with Crippen molar-refractivity contribution < 1.29 is 14.3 Å². The number of carbonyl (C=O) groups is 2. The fourth-order valence-corrected chi connectivity index (χ4v) is 1.93. The van der Waals surface area contributed by atoms with Crippen LogP contribution in [0.25, 0.3) is 0 Å². The molecule has 1 aliphatic heterocycles. The van der Waals surface area contributed by atoms with Crippen molar-refractivity contribution >= 4 is 11.9 Å². The van der Waals surface area contributed by atoms with Crippen molar-refractivity contribution in [3.63, 3.8) is 0 Å². The maximum atomic E-state index is 11.7. The summed E-state index contributed by atoms with van der Waals surface area (Å²) in [5.74, 6) is -0.349. The van der Waals surface area contributed by atoms with Gasteiger partial charge in [-0.2, -0.15) is 0 Å². The quantitative estimate of drug-likeness (QED) is 0.506. The topological polar surface area (TPSA) is 46.6 Å². The van der Waals surface area contributed by atoms with E-state index in [9.17, 15) is 9.59 Å². The Morgan fingerprint density at radius 2 is 2.06 bits per heavy atom. The molecule has 1 rings (SSSR count). The second-order valence-corrected chi connectivity index (χ2v) is 4.62. The number of nitrogens with zero attached hydrogens (tertiary/aromatic N) is 1. The van der Waals surface area contributed by atoms with Gasteiger partial charge in [0, 0.05) is 19.5 Å². The number of rotatable bonds is 7. The van der Waals surface area contributed by atoms with E-state index in [0.29, 0.717) is 19.6 Å². The molecule has 0 aromatic rings. The zero-order valence-corrected chi connectivity index (χ0v) is 10.9. The van der Waals surface area contributed by atoms with Gasteiger partial charge in [-0.15, -0.1) is 0 Å². The van der Waals surface area contributed by atoms with Gasteiger partial charge in [-0.1, -0.05) is 26.7 Å². The first kappa shape index (κ1) is 14.0. The summed E-state index contributed by atoms with van der Waals surface area (Å²) in [5, 5.41) is 0. The molecule has 1 fully saturated rings. The van der Waals surface area contributed by atoms with Gasteiger partial charge >= 0.3 is 5.97 Å². The SMILES string of the molecule is CCCCOC(=O)C1CC(=O)N(CCCC)C1. The Kier molecular flexibility index (Phi) is 6.01. The third kappa shape index (κ3) is 4.36. The highest BCUT2D eigenvalue weighted by Crippen LogP contribution is 2.19. The molecule has 1 amide bonds. The average Bonchev–Trinajstić information content (AvgIpc) is 2.68. The van der Waals surface area contributed by atoms with Gasteiger partial charge in [-0.3, -0.25) is 9.59 Å². The minimum Gasteiger partial charge on any atom is -0.465 e. The molecule has 1 aliphatic rings. The molecule has 0 aliphatic carbocycles. The van der Waals surface area contributed by atoms with E-state index in [-0.39, 0.29) is 17.8 Å². The van der Waals surface area contributed by atoms with Crippen molar-refractivity contribution in [2.75, 3.05) is 19.7 Å². The molecule has 1 atom stereocenters. The molecule has 1 heterocycles. The van der Waals surface area contributed by atoms with Crippen LogP contribution in [0.3, 0.4) is 0 Å². The number of esters is 1. The Balaban J connectivity index is 2.31. The van der Waals surface area contributed by atoms with Crippen LogP contribution in [0.5, 0.6) is 0 Å². The Bertz CT molecular complexity index is 265. The number of likely N-dealkylation sites (tertiary alicyclic amines) is 1. The van der Waals surface area contributed by atoms with E-state index in [4.69, 9.17) is 4.74 Å². The van der Waals surface area contributed by atoms with Crippen LogP contribution < -0.4 is 0 Å². The van der Waals surface area contributed by atoms with E-state index < -0.39 is 0 Å². The van der Waals surface area contributed by atoms with Crippen molar-refractivity contribution in [1.82, 2.24) is 4.90 Å². The van der Waals surface area contributed by atoms with Gasteiger partial charge in [0.05, 0.1) is 12.5 Å². The van der Waals surface area contributed by atoms with Crippen LogP contribution >= 0.6 is 0 Å². The summed E-state index contributed by atoms with van der Waals surface area (Å²) < 4.78 is 5.15. The van der Waals surface area contributed by atoms with E-state index in [2.05, 4.69) is 13.8 Å². The standard InChI is InChI=1S/C13H23NO3/c1-3-5-7-14-10-11(9-12(14)15)13(16)17-8-6-4-2/h11H,3-10H2,1-2H3. The molecule has 0 aromatic carbocycles. The summed E-state index contributed by atoms with van der Waals surface area (Å²) in [7, 11) is 0. The summed E-state index contributed by atoms with van der Waals surface area (Å²) in [5.41, 5.74) is 0. The molecule has 0 spiro atoms. The van der Waals surface area contributed by atoms with Gasteiger partial charge in [0.1, 0.15) is 0 Å². The maximum Gasteiger partial charge on any atom is 0.311 e. The molecule has 0 radical (unpaired) electrons. The highest BCUT2D eigenvalue weighted by atomic mass is 16.5. The summed E-state index contributed by atoms with van der Waals surface area (Å²) in [6.45, 7) is 5.95. The number of amides is 1. The van der Waals surface area contributed by atoms with Crippen LogP contribution in [0.2, 0.25) is 0 Å². The van der Waals surface area contributed by atoms with Crippen LogP contribution in [-0.4, -0.2) is 36.5 Å². The Morgan fingerprint density at radius 1 is 1.35 bits per heavy atom. The highest BCUT2D eigenvalue weighted by Gasteiger charge is 2.34. The Labute approximate surface area is 103 Å². The van der Waals surface area contributed by atoms with Crippen LogP contribution in [0.15, 0.2) is 0 Å². The predicted molar refractivity (Wildman–Crippen MR) is 65.5 cm³/mol. The van der Waals surface area contributed by atoms with Crippen molar-refractivity contribution in [2.24, 2.45) is 5.92 Å². The molecule has 1 unspecified atom stereocenters. The van der Waals surface area contributed by atoms with E-state index in [0.717, 1.165) is 32.2 Å². The second kappa shape index (κ2) is 7.30. The van der Waals surface area contributed by atoms with E-state index in [1.807, 2.05) is 0 Å². The molecule has 4 heteroatoms. The monoisotopic (exact) mass is 241 g/mol.